The van der Waals surface area contributed by atoms with E-state index in [-0.39, 0.29) is 5.41 Å². The quantitative estimate of drug-likeness (QED) is 0.721. The molecule has 3 atom stereocenters. The van der Waals surface area contributed by atoms with Crippen molar-refractivity contribution >= 4 is 0 Å². The largest absolute Gasteiger partial charge is 0.198 e. The highest BCUT2D eigenvalue weighted by Gasteiger charge is 2.56. The van der Waals surface area contributed by atoms with E-state index in [2.05, 4.69) is 18.2 Å². The van der Waals surface area contributed by atoms with Gasteiger partial charge in [-0.05, 0) is 61.7 Å². The Bertz CT molecular complexity index is 416. The van der Waals surface area contributed by atoms with Gasteiger partial charge in [-0.15, -0.1) is 0 Å². The average molecular weight is 255 g/mol. The molecule has 0 aromatic heterocycles. The smallest absolute Gasteiger partial charge is 0.0621 e. The Morgan fingerprint density at radius 1 is 0.895 bits per heavy atom. The molecule has 3 nitrogen and oxygen atoms in total. The summed E-state index contributed by atoms with van der Waals surface area (Å²) in [7, 11) is 0. The Morgan fingerprint density at radius 2 is 1.53 bits per heavy atom. The summed E-state index contributed by atoms with van der Waals surface area (Å²) in [6, 6.07) is 6.84. The molecular weight excluding hydrogens is 234 g/mol. The number of hydrogen-bond acceptors (Lipinski definition) is 3. The molecule has 0 aromatic carbocycles. The lowest BCUT2D eigenvalue weighted by Gasteiger charge is -2.44. The van der Waals surface area contributed by atoms with E-state index in [4.69, 9.17) is 15.8 Å². The van der Waals surface area contributed by atoms with Gasteiger partial charge in [-0.25, -0.2) is 0 Å². The first-order valence-corrected chi connectivity index (χ1v) is 7.39. The Balaban J connectivity index is 2.19. The zero-order chi connectivity index (χ0) is 13.7. The highest BCUT2D eigenvalue weighted by Crippen LogP contribution is 2.64. The van der Waals surface area contributed by atoms with E-state index in [9.17, 15) is 0 Å². The number of hydrogen-bond donors (Lipinski definition) is 0. The normalized spacial score (nSPS) is 30.5. The summed E-state index contributed by atoms with van der Waals surface area (Å²) in [4.78, 5) is 0. The van der Waals surface area contributed by atoms with Crippen molar-refractivity contribution in [3.05, 3.63) is 0 Å². The molecule has 0 aromatic rings. The third kappa shape index (κ3) is 2.46. The van der Waals surface area contributed by atoms with Crippen molar-refractivity contribution in [1.29, 1.82) is 15.8 Å². The van der Waals surface area contributed by atoms with E-state index in [1.807, 2.05) is 0 Å². The van der Waals surface area contributed by atoms with Gasteiger partial charge in [0.15, 0.2) is 0 Å². The molecular formula is C16H21N3. The van der Waals surface area contributed by atoms with Crippen molar-refractivity contribution in [2.24, 2.45) is 23.2 Å². The van der Waals surface area contributed by atoms with E-state index in [0.29, 0.717) is 31.1 Å². The lowest BCUT2D eigenvalue weighted by Crippen LogP contribution is -2.36. The van der Waals surface area contributed by atoms with Crippen LogP contribution in [0.2, 0.25) is 0 Å². The molecule has 2 aliphatic carbocycles. The summed E-state index contributed by atoms with van der Waals surface area (Å²) in [5.74, 6) is 2.02. The van der Waals surface area contributed by atoms with Gasteiger partial charge in [-0.2, -0.15) is 15.8 Å². The zero-order valence-corrected chi connectivity index (χ0v) is 11.4. The monoisotopic (exact) mass is 255 g/mol. The maximum atomic E-state index is 8.93. The fourth-order valence-electron chi connectivity index (χ4n) is 4.90. The topological polar surface area (TPSA) is 71.4 Å². The Morgan fingerprint density at radius 3 is 2.11 bits per heavy atom. The van der Waals surface area contributed by atoms with E-state index in [1.165, 1.54) is 19.3 Å². The van der Waals surface area contributed by atoms with E-state index >= 15 is 0 Å². The molecule has 2 rings (SSSR count). The molecule has 100 valence electrons. The molecule has 3 unspecified atom stereocenters. The highest BCUT2D eigenvalue weighted by molar-refractivity contribution is 5.07. The minimum absolute atomic E-state index is 0.186. The first kappa shape index (κ1) is 13.9. The second-order valence-corrected chi connectivity index (χ2v) is 6.12. The van der Waals surface area contributed by atoms with Gasteiger partial charge in [0.25, 0.3) is 0 Å². The van der Waals surface area contributed by atoms with Crippen molar-refractivity contribution in [2.45, 2.75) is 57.8 Å². The predicted octanol–water partition coefficient (Wildman–Crippen LogP) is 3.93. The summed E-state index contributed by atoms with van der Waals surface area (Å²) < 4.78 is 0. The minimum atomic E-state index is 0.186. The number of nitriles is 3. The molecule has 2 saturated carbocycles. The first-order chi connectivity index (χ1) is 9.28. The van der Waals surface area contributed by atoms with Gasteiger partial charge in [0.1, 0.15) is 0 Å². The zero-order valence-electron chi connectivity index (χ0n) is 11.4. The maximum Gasteiger partial charge on any atom is 0.0621 e. The number of fused-ring (bicyclic) bond motifs is 2. The molecule has 2 fully saturated rings. The fraction of sp³-hybridized carbons (Fsp3) is 0.812. The van der Waals surface area contributed by atoms with Gasteiger partial charge >= 0.3 is 0 Å². The van der Waals surface area contributed by atoms with Crippen molar-refractivity contribution in [3.63, 3.8) is 0 Å². The molecule has 3 heteroatoms. The van der Waals surface area contributed by atoms with Crippen LogP contribution in [0.1, 0.15) is 57.8 Å². The lowest BCUT2D eigenvalue weighted by molar-refractivity contribution is 0.0546. The van der Waals surface area contributed by atoms with Crippen LogP contribution < -0.4 is 0 Å². The van der Waals surface area contributed by atoms with Crippen LogP contribution in [-0.4, -0.2) is 0 Å². The molecule has 0 amide bonds. The van der Waals surface area contributed by atoms with Crippen LogP contribution >= 0.6 is 0 Å². The number of nitrogens with zero attached hydrogens (tertiary/aromatic N) is 3. The average Bonchev–Trinajstić information content (AvgIpc) is 3.01. The Labute approximate surface area is 115 Å². The molecule has 0 N–H and O–H groups in total. The summed E-state index contributed by atoms with van der Waals surface area (Å²) >= 11 is 0. The lowest BCUT2D eigenvalue weighted by atomic mass is 9.60. The van der Waals surface area contributed by atoms with E-state index < -0.39 is 0 Å². The second kappa shape index (κ2) is 6.08. The summed E-state index contributed by atoms with van der Waals surface area (Å²) in [6.45, 7) is 0. The summed E-state index contributed by atoms with van der Waals surface area (Å²) in [5.41, 5.74) is 0.186. The fourth-order valence-corrected chi connectivity index (χ4v) is 4.90. The van der Waals surface area contributed by atoms with Crippen LogP contribution in [0, 0.1) is 57.2 Å². The molecule has 0 saturated heterocycles. The van der Waals surface area contributed by atoms with Crippen molar-refractivity contribution in [1.82, 2.24) is 0 Å². The van der Waals surface area contributed by atoms with E-state index in [0.717, 1.165) is 25.2 Å². The van der Waals surface area contributed by atoms with Crippen LogP contribution in [0.25, 0.3) is 0 Å². The standard InChI is InChI=1S/C16H21N3/c17-9-1-4-15-13-5-6-14(12-13)16(15,7-2-10-18)8-3-11-19/h13-15H,1-8,12H2. The molecule has 0 heterocycles. The van der Waals surface area contributed by atoms with Crippen LogP contribution in [0.5, 0.6) is 0 Å². The molecule has 2 aliphatic rings. The van der Waals surface area contributed by atoms with Crippen LogP contribution in [0.15, 0.2) is 0 Å². The predicted molar refractivity (Wildman–Crippen MR) is 71.3 cm³/mol. The van der Waals surface area contributed by atoms with Crippen molar-refractivity contribution < 1.29 is 0 Å². The van der Waals surface area contributed by atoms with Crippen molar-refractivity contribution in [3.8, 4) is 18.2 Å². The Kier molecular flexibility index (Phi) is 4.44. The van der Waals surface area contributed by atoms with Gasteiger partial charge in [-0.1, -0.05) is 0 Å². The van der Waals surface area contributed by atoms with Gasteiger partial charge < -0.3 is 0 Å². The van der Waals surface area contributed by atoms with Crippen molar-refractivity contribution in [2.75, 3.05) is 0 Å². The third-order valence-corrected chi connectivity index (χ3v) is 5.57. The summed E-state index contributed by atoms with van der Waals surface area (Å²) in [5, 5.41) is 26.7. The first-order valence-electron chi connectivity index (χ1n) is 7.39. The van der Waals surface area contributed by atoms with Gasteiger partial charge in [-0.3, -0.25) is 0 Å². The molecule has 2 bridgehead atoms. The van der Waals surface area contributed by atoms with Crippen LogP contribution in [0.4, 0.5) is 0 Å². The third-order valence-electron chi connectivity index (χ3n) is 5.57. The maximum absolute atomic E-state index is 8.93. The van der Waals surface area contributed by atoms with Gasteiger partial charge in [0, 0.05) is 19.3 Å². The molecule has 0 spiro atoms. The van der Waals surface area contributed by atoms with Gasteiger partial charge in [0.2, 0.25) is 0 Å². The summed E-state index contributed by atoms with van der Waals surface area (Å²) in [6.07, 6.45) is 8.47. The molecule has 19 heavy (non-hydrogen) atoms. The highest BCUT2D eigenvalue weighted by atomic mass is 14.6. The molecule has 0 aliphatic heterocycles. The number of rotatable bonds is 6. The van der Waals surface area contributed by atoms with Crippen LogP contribution in [-0.2, 0) is 0 Å². The molecule has 0 radical (unpaired) electrons. The minimum Gasteiger partial charge on any atom is -0.198 e. The Hall–Kier alpha value is -1.53. The van der Waals surface area contributed by atoms with Gasteiger partial charge in [0.05, 0.1) is 18.2 Å². The SMILES string of the molecule is N#CCCC1C2CCC(C2)C1(CCC#N)CCC#N. The van der Waals surface area contributed by atoms with Crippen LogP contribution in [0.3, 0.4) is 0 Å². The van der Waals surface area contributed by atoms with E-state index in [1.54, 1.807) is 0 Å². The second-order valence-electron chi connectivity index (χ2n) is 6.12.